The van der Waals surface area contributed by atoms with E-state index in [1.165, 1.54) is 5.56 Å². The highest BCUT2D eigenvalue weighted by atomic mass is 16.4. The Morgan fingerprint density at radius 3 is 1.54 bits per heavy atom. The Balaban J connectivity index is 0.000000198. The van der Waals surface area contributed by atoms with Crippen LogP contribution in [-0.4, -0.2) is 56.9 Å². The van der Waals surface area contributed by atoms with Crippen molar-refractivity contribution in [2.75, 3.05) is 0 Å². The molecule has 0 aliphatic carbocycles. The van der Waals surface area contributed by atoms with E-state index in [0.29, 0.717) is 16.9 Å². The summed E-state index contributed by atoms with van der Waals surface area (Å²) in [6, 6.07) is 27.0. The lowest BCUT2D eigenvalue weighted by molar-refractivity contribution is 0.0696. The van der Waals surface area contributed by atoms with Crippen LogP contribution in [-0.2, 0) is 0 Å². The summed E-state index contributed by atoms with van der Waals surface area (Å²) in [6.45, 7) is 14.3. The maximum absolute atomic E-state index is 13.2. The topological polar surface area (TPSA) is 154 Å². The maximum Gasteiger partial charge on any atom is 0.335 e. The van der Waals surface area contributed by atoms with Crippen LogP contribution in [0.2, 0.25) is 0 Å². The first-order chi connectivity index (χ1) is 26.9. The zero-order chi connectivity index (χ0) is 39.9. The summed E-state index contributed by atoms with van der Waals surface area (Å²) in [4.78, 5) is 33.1. The molecule has 7 rings (SSSR count). The fourth-order valence-corrected chi connectivity index (χ4v) is 6.11. The molecule has 0 aliphatic heterocycles. The first-order valence-electron chi connectivity index (χ1n) is 18.4. The Kier molecular flexibility index (Phi) is 11.9. The number of aromatic carboxylic acids is 1. The number of hydrogen-bond acceptors (Lipinski definition) is 8. The number of nitrogens with one attached hydrogen (secondary N) is 1. The van der Waals surface area contributed by atoms with Crippen LogP contribution in [0.25, 0.3) is 33.6 Å². The van der Waals surface area contributed by atoms with E-state index in [0.717, 1.165) is 44.9 Å². The average Bonchev–Trinajstić information content (AvgIpc) is 3.91. The van der Waals surface area contributed by atoms with Crippen molar-refractivity contribution in [3.63, 3.8) is 0 Å². The molecule has 7 aromatic rings. The maximum atomic E-state index is 13.2. The van der Waals surface area contributed by atoms with Crippen LogP contribution < -0.4 is 5.32 Å². The van der Waals surface area contributed by atoms with Crippen LogP contribution in [0.4, 0.5) is 0 Å². The molecule has 3 heterocycles. The highest BCUT2D eigenvalue weighted by Gasteiger charge is 2.18. The van der Waals surface area contributed by atoms with Gasteiger partial charge in [-0.25, -0.2) is 14.2 Å². The van der Waals surface area contributed by atoms with E-state index in [9.17, 15) is 14.7 Å². The molecule has 0 spiro atoms. The van der Waals surface area contributed by atoms with Crippen LogP contribution >= 0.6 is 0 Å². The molecule has 0 fully saturated rings. The van der Waals surface area contributed by atoms with Gasteiger partial charge in [-0.3, -0.25) is 14.8 Å². The molecule has 0 radical (unpaired) electrons. The minimum absolute atomic E-state index is 0.190. The lowest BCUT2D eigenvalue weighted by Gasteiger charge is -2.16. The van der Waals surface area contributed by atoms with E-state index in [-0.39, 0.29) is 29.3 Å². The molecule has 1 unspecified atom stereocenters. The summed E-state index contributed by atoms with van der Waals surface area (Å²) in [5.41, 5.74) is 11.0. The van der Waals surface area contributed by atoms with E-state index in [1.54, 1.807) is 52.5 Å². The van der Waals surface area contributed by atoms with E-state index in [1.807, 2.05) is 62.4 Å². The Hall–Kier alpha value is -6.82. The van der Waals surface area contributed by atoms with Crippen LogP contribution in [0.15, 0.2) is 116 Å². The van der Waals surface area contributed by atoms with Gasteiger partial charge in [-0.15, -0.1) is 10.2 Å². The summed E-state index contributed by atoms with van der Waals surface area (Å²) in [6.07, 6.45) is 8.36. The number of carbonyl (C=O) groups excluding carboxylic acids is 1. The largest absolute Gasteiger partial charge is 0.478 e. The highest BCUT2D eigenvalue weighted by Crippen LogP contribution is 2.28. The van der Waals surface area contributed by atoms with Gasteiger partial charge in [0.2, 0.25) is 0 Å². The molecule has 0 bridgehead atoms. The molecule has 56 heavy (non-hydrogen) atoms. The number of aromatic nitrogens is 8. The van der Waals surface area contributed by atoms with Crippen molar-refractivity contribution < 1.29 is 14.7 Å². The summed E-state index contributed by atoms with van der Waals surface area (Å²) < 4.78 is 3.50. The minimum Gasteiger partial charge on any atom is -0.478 e. The smallest absolute Gasteiger partial charge is 0.335 e. The monoisotopic (exact) mass is 747 g/mol. The number of aryl methyl sites for hydroxylation is 2. The van der Waals surface area contributed by atoms with Crippen molar-refractivity contribution in [1.82, 2.24) is 45.3 Å². The van der Waals surface area contributed by atoms with Crippen molar-refractivity contribution in [3.8, 4) is 33.6 Å². The molecule has 12 nitrogen and oxygen atoms in total. The standard InChI is InChI=1S/C25H26N6O.C19H19N3O2/c1-16(2)24-15-28-30-31(24)22-12-20(19-7-5-17(3)6-8-19)11-21(13-22)25(32)29-18(4)23-14-26-9-10-27-23;1-12(2)18-11-20-21-22(18)17-9-15(8-16(10-17)19(23)24)14-6-4-13(3)5-7-14/h5-16,18H,1-4H3,(H,29,32);4-12H,1-3H3,(H,23,24). The molecule has 284 valence electrons. The molecule has 1 amide bonds. The quantitative estimate of drug-likeness (QED) is 0.140. The molecular formula is C44H45N9O3. The van der Waals surface area contributed by atoms with Gasteiger partial charge in [0.25, 0.3) is 5.91 Å². The van der Waals surface area contributed by atoms with Gasteiger partial charge in [0.05, 0.1) is 58.7 Å². The minimum atomic E-state index is -0.962. The highest BCUT2D eigenvalue weighted by molar-refractivity contribution is 5.96. The molecule has 0 saturated carbocycles. The molecule has 12 heteroatoms. The molecule has 0 aliphatic rings. The molecule has 3 aromatic heterocycles. The Bertz CT molecular complexity index is 2440. The van der Waals surface area contributed by atoms with Gasteiger partial charge in [-0.2, -0.15) is 0 Å². The number of nitrogens with zero attached hydrogens (tertiary/aromatic N) is 8. The zero-order valence-electron chi connectivity index (χ0n) is 32.5. The lowest BCUT2D eigenvalue weighted by Crippen LogP contribution is -2.27. The number of carboxylic acid groups (broad SMARTS) is 1. The van der Waals surface area contributed by atoms with Crippen molar-refractivity contribution in [2.45, 2.75) is 66.3 Å². The summed E-state index contributed by atoms with van der Waals surface area (Å²) in [5, 5.41) is 29.0. The van der Waals surface area contributed by atoms with Gasteiger partial charge < -0.3 is 10.4 Å². The average molecular weight is 748 g/mol. The third-order valence-corrected chi connectivity index (χ3v) is 9.31. The first kappa shape index (κ1) is 38.9. The molecule has 2 N–H and O–H groups in total. The van der Waals surface area contributed by atoms with E-state index in [4.69, 9.17) is 0 Å². The fourth-order valence-electron chi connectivity index (χ4n) is 6.11. The van der Waals surface area contributed by atoms with E-state index in [2.05, 4.69) is 94.8 Å². The first-order valence-corrected chi connectivity index (χ1v) is 18.4. The third kappa shape index (κ3) is 9.09. The third-order valence-electron chi connectivity index (χ3n) is 9.31. The van der Waals surface area contributed by atoms with Gasteiger partial charge in [0.15, 0.2) is 0 Å². The number of rotatable bonds is 10. The van der Waals surface area contributed by atoms with Crippen molar-refractivity contribution in [2.24, 2.45) is 0 Å². The van der Waals surface area contributed by atoms with Gasteiger partial charge in [-0.05, 0) is 91.3 Å². The second kappa shape index (κ2) is 17.1. The van der Waals surface area contributed by atoms with Gasteiger partial charge in [0, 0.05) is 18.0 Å². The number of benzene rings is 4. The van der Waals surface area contributed by atoms with Crippen LogP contribution in [0.5, 0.6) is 0 Å². The normalized spacial score (nSPS) is 11.6. The lowest BCUT2D eigenvalue weighted by atomic mass is 10.00. The molecule has 0 saturated heterocycles. The number of hydrogen-bond donors (Lipinski definition) is 2. The molecular weight excluding hydrogens is 703 g/mol. The van der Waals surface area contributed by atoms with Crippen molar-refractivity contribution in [3.05, 3.63) is 155 Å². The summed E-state index contributed by atoms with van der Waals surface area (Å²) >= 11 is 0. The second-order valence-electron chi connectivity index (χ2n) is 14.4. The van der Waals surface area contributed by atoms with Crippen LogP contribution in [0, 0.1) is 13.8 Å². The van der Waals surface area contributed by atoms with Gasteiger partial charge >= 0.3 is 5.97 Å². The van der Waals surface area contributed by atoms with Gasteiger partial charge in [-0.1, -0.05) is 97.8 Å². The fraction of sp³-hybridized carbons (Fsp3) is 0.227. The summed E-state index contributed by atoms with van der Waals surface area (Å²) in [7, 11) is 0. The van der Waals surface area contributed by atoms with Crippen LogP contribution in [0.3, 0.4) is 0 Å². The van der Waals surface area contributed by atoms with Crippen LogP contribution in [0.1, 0.15) is 101 Å². The summed E-state index contributed by atoms with van der Waals surface area (Å²) in [5.74, 6) is -0.681. The number of carboxylic acids is 1. The Labute approximate surface area is 326 Å². The second-order valence-corrected chi connectivity index (χ2v) is 14.4. The molecule has 4 aromatic carbocycles. The molecule has 1 atom stereocenters. The van der Waals surface area contributed by atoms with E-state index >= 15 is 0 Å². The van der Waals surface area contributed by atoms with Crippen molar-refractivity contribution in [1.29, 1.82) is 0 Å². The Morgan fingerprint density at radius 2 is 1.09 bits per heavy atom. The van der Waals surface area contributed by atoms with E-state index < -0.39 is 5.97 Å². The predicted molar refractivity (Wildman–Crippen MR) is 216 cm³/mol. The van der Waals surface area contributed by atoms with Gasteiger partial charge in [0.1, 0.15) is 0 Å². The van der Waals surface area contributed by atoms with Crippen molar-refractivity contribution >= 4 is 11.9 Å². The SMILES string of the molecule is Cc1ccc(-c2cc(C(=O)NC(C)c3cnccn3)cc(-n3nncc3C(C)C)c2)cc1.Cc1ccc(-c2cc(C(=O)O)cc(-n3nncc3C(C)C)c2)cc1. The Morgan fingerprint density at radius 1 is 0.607 bits per heavy atom. The number of carbonyl (C=O) groups is 2. The predicted octanol–water partition coefficient (Wildman–Crippen LogP) is 8.71. The zero-order valence-corrected chi connectivity index (χ0v) is 32.5. The number of amides is 1.